The summed E-state index contributed by atoms with van der Waals surface area (Å²) in [7, 11) is 0. The van der Waals surface area contributed by atoms with E-state index in [4.69, 9.17) is 0 Å². The number of aromatic nitrogens is 1. The summed E-state index contributed by atoms with van der Waals surface area (Å²) < 4.78 is 0. The fraction of sp³-hybridized carbons (Fsp3) is 0.111. The first-order valence-electron chi connectivity index (χ1n) is 3.40. The van der Waals surface area contributed by atoms with Gasteiger partial charge < -0.3 is 7.84 Å². The van der Waals surface area contributed by atoms with Crippen molar-refractivity contribution in [1.82, 2.24) is 4.98 Å². The second-order valence-electron chi connectivity index (χ2n) is 2.54. The Morgan fingerprint density at radius 2 is 2.00 bits per heavy atom. The minimum Gasteiger partial charge on any atom is -1.00 e. The summed E-state index contributed by atoms with van der Waals surface area (Å²) in [6.45, 7) is 2.07. The second-order valence-corrected chi connectivity index (χ2v) is 2.54. The largest absolute Gasteiger partial charge is 2.00 e. The normalized spacial score (nSPS) is 9.55. The molecule has 0 bridgehead atoms. The fourth-order valence-corrected chi connectivity index (χ4v) is 1.22. The predicted molar refractivity (Wildman–Crippen MR) is 51.0 cm³/mol. The van der Waals surface area contributed by atoms with Gasteiger partial charge in [0.15, 0.2) is 0 Å². The van der Waals surface area contributed by atoms with Crippen LogP contribution in [0.4, 0.5) is 0 Å². The van der Waals surface area contributed by atoms with Crippen molar-refractivity contribution in [2.75, 3.05) is 0 Å². The molecule has 0 aliphatic rings. The number of aryl methyl sites for hydroxylation is 1. The summed E-state index contributed by atoms with van der Waals surface area (Å²) in [6, 6.07) is 10.4. The molecule has 0 aliphatic carbocycles. The smallest absolute Gasteiger partial charge is 1.00 e. The van der Waals surface area contributed by atoms with E-state index in [1.807, 2.05) is 6.07 Å². The van der Waals surface area contributed by atoms with Crippen LogP contribution in [0.1, 0.15) is 8.55 Å². The SMILES string of the molecule is Cc1cc2ccccc2[nH]1.[H-].[H-].[Mg+2]. The van der Waals surface area contributed by atoms with Crippen molar-refractivity contribution in [2.45, 2.75) is 6.92 Å². The Labute approximate surface area is 84.9 Å². The monoisotopic (exact) mass is 157 g/mol. The van der Waals surface area contributed by atoms with E-state index in [2.05, 4.69) is 36.2 Å². The van der Waals surface area contributed by atoms with Crippen LogP contribution in [0.5, 0.6) is 0 Å². The molecule has 0 saturated carbocycles. The van der Waals surface area contributed by atoms with Gasteiger partial charge in [-0.15, -0.1) is 0 Å². The Balaban J connectivity index is 0. The average molecular weight is 157 g/mol. The van der Waals surface area contributed by atoms with Gasteiger partial charge in [-0.3, -0.25) is 0 Å². The maximum atomic E-state index is 3.26. The van der Waals surface area contributed by atoms with Gasteiger partial charge in [0.2, 0.25) is 0 Å². The molecule has 0 fully saturated rings. The van der Waals surface area contributed by atoms with Crippen LogP contribution < -0.4 is 0 Å². The van der Waals surface area contributed by atoms with Crippen molar-refractivity contribution >= 4 is 34.0 Å². The van der Waals surface area contributed by atoms with E-state index >= 15 is 0 Å². The minimum absolute atomic E-state index is 0. The molecule has 2 aromatic rings. The molecule has 0 radical (unpaired) electrons. The van der Waals surface area contributed by atoms with Crippen LogP contribution in [0.25, 0.3) is 10.9 Å². The Hall–Kier alpha value is -0.474. The van der Waals surface area contributed by atoms with Crippen LogP contribution in [-0.2, 0) is 0 Å². The molecule has 2 heteroatoms. The molecule has 2 rings (SSSR count). The van der Waals surface area contributed by atoms with Gasteiger partial charge in [0, 0.05) is 11.2 Å². The molecule has 1 aromatic carbocycles. The number of fused-ring (bicyclic) bond motifs is 1. The van der Waals surface area contributed by atoms with E-state index in [0.717, 1.165) is 0 Å². The van der Waals surface area contributed by atoms with Crippen LogP contribution in [0.3, 0.4) is 0 Å². The van der Waals surface area contributed by atoms with Gasteiger partial charge in [-0.1, -0.05) is 18.2 Å². The zero-order valence-electron chi connectivity index (χ0n) is 8.59. The van der Waals surface area contributed by atoms with Crippen molar-refractivity contribution in [3.63, 3.8) is 0 Å². The molecular weight excluding hydrogens is 146 g/mol. The first-order chi connectivity index (χ1) is 4.86. The van der Waals surface area contributed by atoms with E-state index in [9.17, 15) is 0 Å². The van der Waals surface area contributed by atoms with Gasteiger partial charge >= 0.3 is 23.1 Å². The number of hydrogen-bond acceptors (Lipinski definition) is 0. The van der Waals surface area contributed by atoms with Crippen LogP contribution >= 0.6 is 0 Å². The molecule has 1 nitrogen and oxygen atoms in total. The van der Waals surface area contributed by atoms with E-state index < -0.39 is 0 Å². The quantitative estimate of drug-likeness (QED) is 0.565. The molecule has 0 atom stereocenters. The van der Waals surface area contributed by atoms with Gasteiger partial charge in [0.05, 0.1) is 0 Å². The van der Waals surface area contributed by atoms with E-state index in [1.54, 1.807) is 0 Å². The van der Waals surface area contributed by atoms with Gasteiger partial charge in [-0.2, -0.15) is 0 Å². The molecule has 0 saturated heterocycles. The van der Waals surface area contributed by atoms with E-state index in [0.29, 0.717) is 0 Å². The number of aromatic amines is 1. The number of H-pyrrole nitrogens is 1. The molecule has 0 unspecified atom stereocenters. The number of benzene rings is 1. The molecular formula is C9H11MgN. The summed E-state index contributed by atoms with van der Waals surface area (Å²) in [4.78, 5) is 3.26. The maximum Gasteiger partial charge on any atom is 2.00 e. The van der Waals surface area contributed by atoms with Gasteiger partial charge in [0.1, 0.15) is 0 Å². The first kappa shape index (κ1) is 8.62. The van der Waals surface area contributed by atoms with Crippen molar-refractivity contribution < 1.29 is 2.85 Å². The third-order valence-corrected chi connectivity index (χ3v) is 1.66. The average Bonchev–Trinajstić information content (AvgIpc) is 2.27. The van der Waals surface area contributed by atoms with Crippen molar-refractivity contribution in [2.24, 2.45) is 0 Å². The van der Waals surface area contributed by atoms with Crippen LogP contribution in [-0.4, -0.2) is 28.0 Å². The number of nitrogens with one attached hydrogen (secondary N) is 1. The van der Waals surface area contributed by atoms with E-state index in [1.165, 1.54) is 16.6 Å². The zero-order valence-corrected chi connectivity index (χ0v) is 8.01. The molecule has 1 aromatic heterocycles. The molecule has 0 aliphatic heterocycles. The summed E-state index contributed by atoms with van der Waals surface area (Å²) in [5, 5.41) is 1.29. The topological polar surface area (TPSA) is 15.8 Å². The van der Waals surface area contributed by atoms with Gasteiger partial charge in [0.25, 0.3) is 0 Å². The van der Waals surface area contributed by atoms with Crippen molar-refractivity contribution in [3.05, 3.63) is 36.0 Å². The van der Waals surface area contributed by atoms with Gasteiger partial charge in [-0.25, -0.2) is 0 Å². The summed E-state index contributed by atoms with van der Waals surface area (Å²) >= 11 is 0. The Morgan fingerprint density at radius 3 is 2.73 bits per heavy atom. The van der Waals surface area contributed by atoms with Crippen LogP contribution in [0.2, 0.25) is 0 Å². The molecule has 1 heterocycles. The Kier molecular flexibility index (Phi) is 2.57. The Morgan fingerprint density at radius 1 is 1.27 bits per heavy atom. The summed E-state index contributed by atoms with van der Waals surface area (Å²) in [5.41, 5.74) is 2.45. The molecule has 11 heavy (non-hydrogen) atoms. The van der Waals surface area contributed by atoms with Crippen molar-refractivity contribution in [1.29, 1.82) is 0 Å². The predicted octanol–water partition coefficient (Wildman–Crippen LogP) is 2.32. The van der Waals surface area contributed by atoms with E-state index in [-0.39, 0.29) is 25.9 Å². The van der Waals surface area contributed by atoms with Crippen LogP contribution in [0.15, 0.2) is 30.3 Å². The summed E-state index contributed by atoms with van der Waals surface area (Å²) in [6.07, 6.45) is 0. The number of para-hydroxylation sites is 1. The molecule has 0 amide bonds. The zero-order chi connectivity index (χ0) is 6.97. The number of rotatable bonds is 0. The Bertz CT molecular complexity index is 326. The third-order valence-electron chi connectivity index (χ3n) is 1.66. The standard InChI is InChI=1S/C9H9N.Mg.2H/c1-7-6-8-4-2-3-5-9(8)10-7;;;/h2-6,10H,1H3;;;/q;+2;2*-1. The third kappa shape index (κ3) is 1.57. The fourth-order valence-electron chi connectivity index (χ4n) is 1.22. The van der Waals surface area contributed by atoms with Crippen molar-refractivity contribution in [3.8, 4) is 0 Å². The number of hydrogen-bond donors (Lipinski definition) is 1. The molecule has 54 valence electrons. The second kappa shape index (κ2) is 3.28. The molecule has 1 N–H and O–H groups in total. The van der Waals surface area contributed by atoms with Gasteiger partial charge in [-0.05, 0) is 24.4 Å². The maximum absolute atomic E-state index is 3.26. The summed E-state index contributed by atoms with van der Waals surface area (Å²) in [5.74, 6) is 0. The first-order valence-corrected chi connectivity index (χ1v) is 3.40. The van der Waals surface area contributed by atoms with Crippen LogP contribution in [0, 0.1) is 6.92 Å². The molecule has 0 spiro atoms. The minimum atomic E-state index is 0.